The Kier molecular flexibility index (Phi) is 8.34. The summed E-state index contributed by atoms with van der Waals surface area (Å²) >= 11 is 0. The summed E-state index contributed by atoms with van der Waals surface area (Å²) < 4.78 is 24.8. The molecule has 2 amide bonds. The minimum atomic E-state index is -1.30. The van der Waals surface area contributed by atoms with Gasteiger partial charge in [-0.25, -0.2) is 0 Å². The molecular formula is C32H41N3O10. The predicted molar refractivity (Wildman–Crippen MR) is 155 cm³/mol. The van der Waals surface area contributed by atoms with Crippen molar-refractivity contribution in [2.45, 2.75) is 81.3 Å². The number of fused-ring (bicyclic) bond motifs is 4. The van der Waals surface area contributed by atoms with Crippen LogP contribution in [0.1, 0.15) is 49.7 Å². The lowest BCUT2D eigenvalue weighted by molar-refractivity contribution is -0.235. The molecule has 45 heavy (non-hydrogen) atoms. The molecule has 0 aromatic heterocycles. The van der Waals surface area contributed by atoms with Crippen LogP contribution in [0.4, 0.5) is 0 Å². The Morgan fingerprint density at radius 2 is 1.73 bits per heavy atom. The summed E-state index contributed by atoms with van der Waals surface area (Å²) in [7, 11) is 0. The smallest absolute Gasteiger partial charge is 0.327 e. The topological polar surface area (TPSA) is 165 Å². The van der Waals surface area contributed by atoms with Crippen molar-refractivity contribution in [1.29, 1.82) is 0 Å². The number of nitrogens with zero attached hydrogens (tertiary/aromatic N) is 1. The van der Waals surface area contributed by atoms with E-state index in [1.165, 1.54) is 6.26 Å². The summed E-state index contributed by atoms with van der Waals surface area (Å²) in [6, 6.07) is 6.61. The standard InChI is InChI=1S/C32H41N3O10/c36-13-12-33-24(38)9-11-34-30(40)31-17-23-25-26(44-32(43-25,21-5-6-21)22-7-8-22)28(31)45-35(27(31)29(39)42-23)18-20-3-1-19(2-4-20)10-15-41-16-14-37/h1-4,10,15,21-23,25-28,36-37H,5-9,11-14,16-18H2,(H,33,38)(H,34,40)/t23-,25+,26+,27+,28-,31+/m1/s1. The predicted octanol–water partition coefficient (Wildman–Crippen LogP) is 0.381. The molecule has 13 nitrogen and oxygen atoms in total. The van der Waals surface area contributed by atoms with Gasteiger partial charge < -0.3 is 39.8 Å². The van der Waals surface area contributed by atoms with Crippen LogP contribution in [0.5, 0.6) is 0 Å². The van der Waals surface area contributed by atoms with Crippen LogP contribution >= 0.6 is 0 Å². The summed E-state index contributed by atoms with van der Waals surface area (Å²) in [6.07, 6.45) is 5.04. The summed E-state index contributed by atoms with van der Waals surface area (Å²) in [4.78, 5) is 46.8. The monoisotopic (exact) mass is 627 g/mol. The summed E-state index contributed by atoms with van der Waals surface area (Å²) in [5.41, 5.74) is 0.447. The molecule has 3 saturated carbocycles. The number of benzene rings is 1. The van der Waals surface area contributed by atoms with Gasteiger partial charge in [0.2, 0.25) is 11.8 Å². The van der Waals surface area contributed by atoms with Crippen LogP contribution < -0.4 is 10.6 Å². The molecule has 7 rings (SSSR count). The van der Waals surface area contributed by atoms with Crippen molar-refractivity contribution >= 4 is 23.9 Å². The van der Waals surface area contributed by atoms with E-state index in [-0.39, 0.29) is 75.9 Å². The number of ether oxygens (including phenoxy) is 4. The van der Waals surface area contributed by atoms with Crippen LogP contribution in [0.3, 0.4) is 0 Å². The van der Waals surface area contributed by atoms with Crippen molar-refractivity contribution in [2.75, 3.05) is 32.9 Å². The first kappa shape index (κ1) is 30.6. The molecule has 6 aliphatic rings. The molecule has 6 atom stereocenters. The fraction of sp³-hybridized carbons (Fsp3) is 0.656. The molecular weight excluding hydrogens is 586 g/mol. The number of hydroxylamine groups is 2. The van der Waals surface area contributed by atoms with Gasteiger partial charge in [0.05, 0.1) is 26.0 Å². The minimum absolute atomic E-state index is 0.0274. The number of carbonyl (C=O) groups excluding carboxylic acids is 3. The van der Waals surface area contributed by atoms with Gasteiger partial charge in [0.15, 0.2) is 11.8 Å². The number of rotatable bonds is 14. The zero-order valence-electron chi connectivity index (χ0n) is 25.1. The first-order valence-corrected chi connectivity index (χ1v) is 16.0. The molecule has 2 bridgehead atoms. The number of hydrogen-bond acceptors (Lipinski definition) is 11. The Balaban J connectivity index is 1.15. The molecule has 3 aliphatic heterocycles. The van der Waals surface area contributed by atoms with Gasteiger partial charge in [0, 0.05) is 37.8 Å². The lowest BCUT2D eigenvalue weighted by atomic mass is 9.62. The Bertz CT molecular complexity index is 1300. The first-order chi connectivity index (χ1) is 21.9. The maximum absolute atomic E-state index is 14.2. The van der Waals surface area contributed by atoms with Gasteiger partial charge in [-0.05, 0) is 42.9 Å². The van der Waals surface area contributed by atoms with Gasteiger partial charge in [0.1, 0.15) is 36.4 Å². The van der Waals surface area contributed by atoms with Crippen LogP contribution in [0.2, 0.25) is 0 Å². The van der Waals surface area contributed by atoms with E-state index in [1.54, 1.807) is 11.1 Å². The molecule has 13 heteroatoms. The quantitative estimate of drug-likeness (QED) is 0.128. The zero-order chi connectivity index (χ0) is 31.2. The number of nitrogens with one attached hydrogen (secondary N) is 2. The fourth-order valence-corrected chi connectivity index (χ4v) is 7.57. The van der Waals surface area contributed by atoms with E-state index in [9.17, 15) is 14.4 Å². The van der Waals surface area contributed by atoms with Crippen molar-refractivity contribution in [3.8, 4) is 0 Å². The van der Waals surface area contributed by atoms with E-state index in [1.807, 2.05) is 24.3 Å². The van der Waals surface area contributed by atoms with Crippen molar-refractivity contribution in [2.24, 2.45) is 17.3 Å². The highest BCUT2D eigenvalue weighted by Gasteiger charge is 2.78. The normalized spacial score (nSPS) is 33.1. The third kappa shape index (κ3) is 5.53. The molecule has 3 heterocycles. The number of amides is 2. The molecule has 244 valence electrons. The van der Waals surface area contributed by atoms with E-state index < -0.39 is 47.6 Å². The molecule has 1 aromatic carbocycles. The number of aliphatic hydroxyl groups excluding tert-OH is 2. The maximum atomic E-state index is 14.2. The van der Waals surface area contributed by atoms with Crippen LogP contribution in [0.25, 0.3) is 6.08 Å². The molecule has 3 aliphatic carbocycles. The third-order valence-corrected chi connectivity index (χ3v) is 9.86. The Morgan fingerprint density at radius 3 is 2.42 bits per heavy atom. The number of carbonyl (C=O) groups is 3. The van der Waals surface area contributed by atoms with Crippen molar-refractivity contribution < 1.29 is 48.4 Å². The lowest BCUT2D eigenvalue weighted by Crippen LogP contribution is -2.69. The van der Waals surface area contributed by atoms with Gasteiger partial charge in [0.25, 0.3) is 0 Å². The van der Waals surface area contributed by atoms with Gasteiger partial charge in [-0.2, -0.15) is 5.06 Å². The van der Waals surface area contributed by atoms with Gasteiger partial charge in [-0.3, -0.25) is 19.2 Å². The van der Waals surface area contributed by atoms with Gasteiger partial charge in [-0.15, -0.1) is 0 Å². The van der Waals surface area contributed by atoms with Crippen molar-refractivity contribution in [1.82, 2.24) is 15.7 Å². The SMILES string of the molecule is O=C(CCNC(=O)[C@@]12C[C@H]3OC(=O)[C@@H]1N(Cc1ccc(C=COCCO)cc1)O[C@@H]2[C@H]1OC(C2CC2)(C2CC2)O[C@H]13)NCCO. The van der Waals surface area contributed by atoms with Crippen LogP contribution in [-0.4, -0.2) is 102 Å². The Morgan fingerprint density at radius 1 is 1.00 bits per heavy atom. The second kappa shape index (κ2) is 12.3. The number of aliphatic hydroxyl groups is 2. The minimum Gasteiger partial charge on any atom is -0.499 e. The van der Waals surface area contributed by atoms with Gasteiger partial charge >= 0.3 is 5.97 Å². The second-order valence-corrected chi connectivity index (χ2v) is 12.9. The molecule has 1 aromatic rings. The molecule has 4 N–H and O–H groups in total. The first-order valence-electron chi connectivity index (χ1n) is 16.0. The van der Waals surface area contributed by atoms with Crippen LogP contribution in [0.15, 0.2) is 30.5 Å². The molecule has 0 radical (unpaired) electrons. The number of esters is 1. The zero-order valence-corrected chi connectivity index (χ0v) is 25.1. The summed E-state index contributed by atoms with van der Waals surface area (Å²) in [5, 5.41) is 24.9. The van der Waals surface area contributed by atoms with Crippen LogP contribution in [-0.2, 0) is 44.7 Å². The maximum Gasteiger partial charge on any atom is 0.327 e. The molecule has 0 spiro atoms. The third-order valence-electron chi connectivity index (χ3n) is 9.86. The largest absolute Gasteiger partial charge is 0.499 e. The summed E-state index contributed by atoms with van der Waals surface area (Å²) in [6.45, 7) is 0.396. The van der Waals surface area contributed by atoms with Crippen molar-refractivity contribution in [3.63, 3.8) is 0 Å². The number of hydrogen-bond donors (Lipinski definition) is 4. The molecule has 0 unspecified atom stereocenters. The average Bonchev–Trinajstić information content (AvgIpc) is 3.98. The Labute approximate surface area is 261 Å². The average molecular weight is 628 g/mol. The van der Waals surface area contributed by atoms with E-state index >= 15 is 0 Å². The lowest BCUT2D eigenvalue weighted by Gasteiger charge is -2.48. The second-order valence-electron chi connectivity index (χ2n) is 12.9. The van der Waals surface area contributed by atoms with E-state index in [2.05, 4.69) is 10.6 Å². The van der Waals surface area contributed by atoms with Crippen LogP contribution in [0, 0.1) is 17.3 Å². The molecule has 3 saturated heterocycles. The van der Waals surface area contributed by atoms with E-state index in [4.69, 9.17) is 34.0 Å². The van der Waals surface area contributed by atoms with E-state index in [0.29, 0.717) is 0 Å². The summed E-state index contributed by atoms with van der Waals surface area (Å²) in [5.74, 6) is -1.39. The highest BCUT2D eigenvalue weighted by atomic mass is 16.8. The van der Waals surface area contributed by atoms with Gasteiger partial charge in [-0.1, -0.05) is 24.3 Å². The fourth-order valence-electron chi connectivity index (χ4n) is 7.57. The van der Waals surface area contributed by atoms with E-state index in [0.717, 1.165) is 36.8 Å². The molecule has 6 fully saturated rings. The van der Waals surface area contributed by atoms with Crippen molar-refractivity contribution in [3.05, 3.63) is 41.7 Å². The Hall–Kier alpha value is -3.07. The highest BCUT2D eigenvalue weighted by Crippen LogP contribution is 2.63. The highest BCUT2D eigenvalue weighted by molar-refractivity contribution is 5.93.